The monoisotopic (exact) mass is 326 g/mol. The lowest BCUT2D eigenvalue weighted by Crippen LogP contribution is -2.43. The van der Waals surface area contributed by atoms with E-state index in [1.807, 2.05) is 0 Å². The van der Waals surface area contributed by atoms with E-state index in [4.69, 9.17) is 4.74 Å². The quantitative estimate of drug-likeness (QED) is 0.485. The first kappa shape index (κ1) is 15.5. The van der Waals surface area contributed by atoms with Gasteiger partial charge in [-0.2, -0.15) is 0 Å². The van der Waals surface area contributed by atoms with Crippen molar-refractivity contribution in [3.63, 3.8) is 0 Å². The molecule has 2 saturated heterocycles. The van der Waals surface area contributed by atoms with Crippen LogP contribution in [-0.2, 0) is 0 Å². The van der Waals surface area contributed by atoms with E-state index in [1.165, 1.54) is 18.9 Å². The summed E-state index contributed by atoms with van der Waals surface area (Å²) in [5.74, 6) is 7.46. The van der Waals surface area contributed by atoms with Crippen LogP contribution < -0.4 is 4.74 Å². The molecule has 5 heteroatoms. The molecule has 0 unspecified atom stereocenters. The smallest absolute Gasteiger partial charge is 0.270 e. The van der Waals surface area contributed by atoms with Crippen LogP contribution in [0.1, 0.15) is 44.1 Å². The molecule has 0 aromatic heterocycles. The molecule has 3 aliphatic rings. The van der Waals surface area contributed by atoms with Gasteiger partial charge in [-0.1, -0.05) is 11.8 Å². The summed E-state index contributed by atoms with van der Waals surface area (Å²) in [6.07, 6.45) is 7.00. The highest BCUT2D eigenvalue weighted by molar-refractivity contribution is 5.52. The van der Waals surface area contributed by atoms with Crippen LogP contribution in [0.3, 0.4) is 0 Å². The number of nitro groups is 1. The Bertz CT molecular complexity index is 703. The number of hydrogen-bond acceptors (Lipinski definition) is 4. The molecule has 0 spiro atoms. The Labute approximate surface area is 142 Å². The second-order valence-electron chi connectivity index (χ2n) is 7.24. The van der Waals surface area contributed by atoms with Gasteiger partial charge in [-0.05, 0) is 51.6 Å². The Kier molecular flexibility index (Phi) is 3.93. The highest BCUT2D eigenvalue weighted by atomic mass is 16.6. The summed E-state index contributed by atoms with van der Waals surface area (Å²) in [5.41, 5.74) is 0.730. The largest absolute Gasteiger partial charge is 0.489 e. The third kappa shape index (κ3) is 3.11. The molecule has 126 valence electrons. The van der Waals surface area contributed by atoms with Crippen LogP contribution in [0.25, 0.3) is 0 Å². The average molecular weight is 326 g/mol. The van der Waals surface area contributed by atoms with E-state index in [1.54, 1.807) is 12.1 Å². The van der Waals surface area contributed by atoms with Crippen LogP contribution in [-0.4, -0.2) is 35.1 Å². The molecule has 3 atom stereocenters. The molecule has 5 nitrogen and oxygen atoms in total. The predicted octanol–water partition coefficient (Wildman–Crippen LogP) is 3.36. The van der Waals surface area contributed by atoms with Crippen LogP contribution in [0.4, 0.5) is 5.69 Å². The Morgan fingerprint density at radius 1 is 1.21 bits per heavy atom. The summed E-state index contributed by atoms with van der Waals surface area (Å²) in [4.78, 5) is 13.1. The van der Waals surface area contributed by atoms with E-state index >= 15 is 0 Å². The molecule has 4 rings (SSSR count). The van der Waals surface area contributed by atoms with Gasteiger partial charge in [-0.15, -0.1) is 0 Å². The van der Waals surface area contributed by atoms with E-state index in [0.717, 1.165) is 25.7 Å². The van der Waals surface area contributed by atoms with E-state index < -0.39 is 0 Å². The molecule has 2 aliphatic heterocycles. The summed E-state index contributed by atoms with van der Waals surface area (Å²) in [7, 11) is 2.21. The molecule has 0 radical (unpaired) electrons. The van der Waals surface area contributed by atoms with E-state index in [2.05, 4.69) is 23.8 Å². The van der Waals surface area contributed by atoms with Crippen molar-refractivity contribution in [2.45, 2.75) is 56.7 Å². The van der Waals surface area contributed by atoms with Crippen LogP contribution in [0, 0.1) is 27.9 Å². The molecule has 2 bridgehead atoms. The topological polar surface area (TPSA) is 55.6 Å². The van der Waals surface area contributed by atoms with Crippen molar-refractivity contribution < 1.29 is 9.66 Å². The van der Waals surface area contributed by atoms with Gasteiger partial charge in [0.2, 0.25) is 0 Å². The van der Waals surface area contributed by atoms with Crippen LogP contribution in [0.15, 0.2) is 18.2 Å². The maximum atomic E-state index is 11.0. The van der Waals surface area contributed by atoms with Gasteiger partial charge in [-0.25, -0.2) is 0 Å². The first-order valence-electron chi connectivity index (χ1n) is 8.78. The van der Waals surface area contributed by atoms with Crippen molar-refractivity contribution in [2.24, 2.45) is 5.92 Å². The highest BCUT2D eigenvalue weighted by Crippen LogP contribution is 2.37. The van der Waals surface area contributed by atoms with Gasteiger partial charge in [0.05, 0.1) is 10.5 Å². The second kappa shape index (κ2) is 6.10. The van der Waals surface area contributed by atoms with E-state index in [9.17, 15) is 10.1 Å². The fraction of sp³-hybridized carbons (Fsp3) is 0.579. The molecular weight excluding hydrogens is 304 g/mol. The Balaban J connectivity index is 1.55. The first-order valence-corrected chi connectivity index (χ1v) is 8.78. The fourth-order valence-corrected chi connectivity index (χ4v) is 3.88. The van der Waals surface area contributed by atoms with Crippen LogP contribution in [0.5, 0.6) is 5.75 Å². The molecule has 2 heterocycles. The summed E-state index contributed by atoms with van der Waals surface area (Å²) in [6, 6.07) is 5.99. The van der Waals surface area contributed by atoms with E-state index in [0.29, 0.717) is 29.3 Å². The zero-order valence-corrected chi connectivity index (χ0v) is 13.9. The standard InChI is InChI=1S/C19H22N2O3/c1-20-15-6-7-16(20)12-18(11-15)24-19-9-8-17(21(22)23)10-14(19)5-4-13-2-3-13/h8-10,13,15-16,18H,2-3,6-7,11-12H2,1H3/t15-,16+,18+. The summed E-state index contributed by atoms with van der Waals surface area (Å²) in [6.45, 7) is 0. The third-order valence-corrected chi connectivity index (χ3v) is 5.51. The van der Waals surface area contributed by atoms with Gasteiger partial charge >= 0.3 is 0 Å². The number of rotatable bonds is 3. The Morgan fingerprint density at radius 3 is 2.54 bits per heavy atom. The minimum atomic E-state index is -0.373. The second-order valence-corrected chi connectivity index (χ2v) is 7.24. The van der Waals surface area contributed by atoms with Gasteiger partial charge in [0.15, 0.2) is 0 Å². The van der Waals surface area contributed by atoms with Crippen molar-refractivity contribution >= 4 is 5.69 Å². The van der Waals surface area contributed by atoms with E-state index in [-0.39, 0.29) is 16.7 Å². The minimum absolute atomic E-state index is 0.0749. The molecule has 0 N–H and O–H groups in total. The molecule has 3 fully saturated rings. The van der Waals surface area contributed by atoms with Gasteiger partial charge in [0, 0.05) is 30.1 Å². The lowest BCUT2D eigenvalue weighted by molar-refractivity contribution is -0.384. The van der Waals surface area contributed by atoms with Crippen molar-refractivity contribution in [3.8, 4) is 17.6 Å². The molecular formula is C19H22N2O3. The zero-order valence-electron chi connectivity index (χ0n) is 13.9. The average Bonchev–Trinajstić information content (AvgIpc) is 3.35. The molecule has 1 saturated carbocycles. The van der Waals surface area contributed by atoms with Crippen LogP contribution in [0.2, 0.25) is 0 Å². The number of piperidine rings is 1. The third-order valence-electron chi connectivity index (χ3n) is 5.51. The SMILES string of the molecule is CN1[C@@H]2CC[C@H]1C[C@@H](Oc1ccc([N+](=O)[O-])cc1C#CC1CC1)C2. The van der Waals surface area contributed by atoms with Gasteiger partial charge < -0.3 is 9.64 Å². The van der Waals surface area contributed by atoms with Crippen molar-refractivity contribution in [3.05, 3.63) is 33.9 Å². The van der Waals surface area contributed by atoms with Crippen molar-refractivity contribution in [1.29, 1.82) is 0 Å². The predicted molar refractivity (Wildman–Crippen MR) is 90.9 cm³/mol. The normalized spacial score (nSPS) is 29.0. The maximum absolute atomic E-state index is 11.0. The minimum Gasteiger partial charge on any atom is -0.489 e. The lowest BCUT2D eigenvalue weighted by Gasteiger charge is -2.36. The number of fused-ring (bicyclic) bond motifs is 2. The fourth-order valence-electron chi connectivity index (χ4n) is 3.88. The van der Waals surface area contributed by atoms with Crippen LogP contribution >= 0.6 is 0 Å². The molecule has 0 amide bonds. The number of non-ortho nitro benzene ring substituents is 1. The number of ether oxygens (including phenoxy) is 1. The Hall–Kier alpha value is -2.06. The van der Waals surface area contributed by atoms with Gasteiger partial charge in [0.1, 0.15) is 11.9 Å². The Morgan fingerprint density at radius 2 is 1.92 bits per heavy atom. The molecule has 24 heavy (non-hydrogen) atoms. The summed E-state index contributed by atoms with van der Waals surface area (Å²) < 4.78 is 6.25. The van der Waals surface area contributed by atoms with Gasteiger partial charge in [-0.3, -0.25) is 10.1 Å². The zero-order chi connectivity index (χ0) is 16.7. The first-order chi connectivity index (χ1) is 11.6. The number of nitro benzene ring substituents is 1. The maximum Gasteiger partial charge on any atom is 0.270 e. The summed E-state index contributed by atoms with van der Waals surface area (Å²) >= 11 is 0. The van der Waals surface area contributed by atoms with Gasteiger partial charge in [0.25, 0.3) is 5.69 Å². The molecule has 1 aliphatic carbocycles. The lowest BCUT2D eigenvalue weighted by atomic mass is 10.0. The van der Waals surface area contributed by atoms with Crippen molar-refractivity contribution in [2.75, 3.05) is 7.05 Å². The number of nitrogens with zero attached hydrogens (tertiary/aromatic N) is 2. The number of hydrogen-bond donors (Lipinski definition) is 0. The molecule has 1 aromatic rings. The number of benzene rings is 1. The molecule has 1 aromatic carbocycles. The highest BCUT2D eigenvalue weighted by Gasteiger charge is 2.39. The summed E-state index contributed by atoms with van der Waals surface area (Å²) in [5, 5.41) is 11.0. The van der Waals surface area contributed by atoms with Crippen molar-refractivity contribution in [1.82, 2.24) is 4.90 Å².